The fourth-order valence-electron chi connectivity index (χ4n) is 10.2. The van der Waals surface area contributed by atoms with Gasteiger partial charge in [0, 0.05) is 15.2 Å². The van der Waals surface area contributed by atoms with E-state index in [-0.39, 0.29) is 5.22 Å². The summed E-state index contributed by atoms with van der Waals surface area (Å²) in [6, 6.07) is 0. The molecule has 1 unspecified atom stereocenters. The lowest BCUT2D eigenvalue weighted by Crippen LogP contribution is -2.93. The van der Waals surface area contributed by atoms with Gasteiger partial charge in [0.1, 0.15) is 7.11 Å². The Morgan fingerprint density at radius 3 is 1.45 bits per heavy atom. The molecule has 178 valence electrons. The minimum Gasteiger partial charge on any atom is -0.411 e. The van der Waals surface area contributed by atoms with E-state index in [4.69, 9.17) is 4.43 Å². The standard InChI is InChI=1S/C26H52OSi4/c1-24(2,3)23-19-26(27-28(4,5)6,31(23,29(7,8)9)30(10,11)12)25-16-20-13-21(17-25)15-22(14-20)18-25/h19-22H,13-18H2,1-12H3. The normalized spacial score (nSPS) is 40.0. The highest BCUT2D eigenvalue weighted by Crippen LogP contribution is 2.72. The molecular formula is C26H52OSi4. The van der Waals surface area contributed by atoms with Crippen LogP contribution in [0.5, 0.6) is 0 Å². The van der Waals surface area contributed by atoms with Crippen molar-refractivity contribution >= 4 is 30.6 Å². The van der Waals surface area contributed by atoms with Crippen molar-refractivity contribution in [1.82, 2.24) is 0 Å². The summed E-state index contributed by atoms with van der Waals surface area (Å²) in [6.45, 7) is 31.6. The number of rotatable bonds is 5. The SMILES string of the molecule is CC(C)(C)C1=CC(O[Si](C)(C)C)(C23CC4CC(CC(C4)C2)C3)[Si]1([Si](C)(C)C)[Si](C)(C)C. The maximum atomic E-state index is 7.83. The van der Waals surface area contributed by atoms with Crippen LogP contribution in [-0.2, 0) is 4.43 Å². The van der Waals surface area contributed by atoms with Gasteiger partial charge in [-0.05, 0) is 86.7 Å². The Kier molecular flexibility index (Phi) is 5.44. The predicted molar refractivity (Wildman–Crippen MR) is 148 cm³/mol. The van der Waals surface area contributed by atoms with E-state index in [0.29, 0.717) is 10.8 Å². The predicted octanol–water partition coefficient (Wildman–Crippen LogP) is 8.14. The molecule has 0 aromatic carbocycles. The highest BCUT2D eigenvalue weighted by molar-refractivity contribution is 7.73. The fraction of sp³-hybridized carbons (Fsp3) is 0.923. The molecule has 1 nitrogen and oxygen atoms in total. The summed E-state index contributed by atoms with van der Waals surface area (Å²) >= 11 is 0. The van der Waals surface area contributed by atoms with Crippen molar-refractivity contribution in [2.75, 3.05) is 0 Å². The first-order valence-corrected chi connectivity index (χ1v) is 27.6. The van der Waals surface area contributed by atoms with Crippen LogP contribution in [0.25, 0.3) is 0 Å². The van der Waals surface area contributed by atoms with Gasteiger partial charge in [-0.3, -0.25) is 0 Å². The van der Waals surface area contributed by atoms with Gasteiger partial charge in [0.15, 0.2) is 8.32 Å². The molecule has 1 aliphatic heterocycles. The van der Waals surface area contributed by atoms with Gasteiger partial charge in [-0.1, -0.05) is 71.3 Å². The van der Waals surface area contributed by atoms with Crippen molar-refractivity contribution < 1.29 is 4.43 Å². The van der Waals surface area contributed by atoms with E-state index >= 15 is 0 Å². The van der Waals surface area contributed by atoms with E-state index in [1.54, 1.807) is 0 Å². The summed E-state index contributed by atoms with van der Waals surface area (Å²) in [4.78, 5) is 0. The van der Waals surface area contributed by atoms with Crippen molar-refractivity contribution in [3.05, 3.63) is 11.3 Å². The Balaban J connectivity index is 2.04. The second kappa shape index (κ2) is 6.83. The van der Waals surface area contributed by atoms with Crippen LogP contribution in [0.3, 0.4) is 0 Å². The van der Waals surface area contributed by atoms with Crippen LogP contribution in [0, 0.1) is 28.6 Å². The first-order chi connectivity index (χ1) is 13.8. The lowest BCUT2D eigenvalue weighted by atomic mass is 9.47. The second-order valence-electron chi connectivity index (χ2n) is 16.2. The molecule has 4 bridgehead atoms. The molecule has 4 fully saturated rings. The summed E-state index contributed by atoms with van der Waals surface area (Å²) in [7, 11) is -6.53. The molecule has 0 aromatic rings. The van der Waals surface area contributed by atoms with Crippen LogP contribution in [0.2, 0.25) is 58.9 Å². The largest absolute Gasteiger partial charge is 0.411 e. The minimum atomic E-state index is -1.83. The quantitative estimate of drug-likeness (QED) is 0.352. The second-order valence-corrected chi connectivity index (χ2v) is 47.4. The minimum absolute atomic E-state index is 0.137. The lowest BCUT2D eigenvalue weighted by molar-refractivity contribution is -0.121. The van der Waals surface area contributed by atoms with Crippen molar-refractivity contribution in [2.24, 2.45) is 28.6 Å². The molecule has 1 atom stereocenters. The first-order valence-electron chi connectivity index (χ1n) is 13.2. The van der Waals surface area contributed by atoms with E-state index in [0.717, 1.165) is 17.8 Å². The Bertz CT molecular complexity index is 722. The van der Waals surface area contributed by atoms with Crippen LogP contribution in [0.1, 0.15) is 59.3 Å². The van der Waals surface area contributed by atoms with Gasteiger partial charge < -0.3 is 4.43 Å². The highest BCUT2D eigenvalue weighted by Gasteiger charge is 2.80. The zero-order valence-corrected chi connectivity index (χ0v) is 27.0. The molecule has 31 heavy (non-hydrogen) atoms. The summed E-state index contributed by atoms with van der Waals surface area (Å²) < 4.78 is 7.83. The molecular weight excluding hydrogens is 441 g/mol. The van der Waals surface area contributed by atoms with E-state index in [1.165, 1.54) is 38.5 Å². The number of allylic oxidation sites excluding steroid dienone is 1. The lowest BCUT2D eigenvalue weighted by Gasteiger charge is -2.77. The molecule has 1 heterocycles. The van der Waals surface area contributed by atoms with Crippen LogP contribution in [0.15, 0.2) is 11.3 Å². The smallest absolute Gasteiger partial charge is 0.184 e. The van der Waals surface area contributed by atoms with Crippen molar-refractivity contribution in [3.63, 3.8) is 0 Å². The molecule has 0 aromatic heterocycles. The monoisotopic (exact) mass is 492 g/mol. The average Bonchev–Trinajstić information content (AvgIpc) is 2.44. The topological polar surface area (TPSA) is 9.23 Å². The van der Waals surface area contributed by atoms with Crippen molar-refractivity contribution in [1.29, 1.82) is 0 Å². The van der Waals surface area contributed by atoms with E-state index < -0.39 is 30.6 Å². The Labute approximate surface area is 197 Å². The van der Waals surface area contributed by atoms with Gasteiger partial charge in [-0.25, -0.2) is 0 Å². The maximum absolute atomic E-state index is 7.83. The summed E-state index contributed by atoms with van der Waals surface area (Å²) in [5, 5.41) is 2.07. The molecule has 0 N–H and O–H groups in total. The zero-order valence-electron chi connectivity index (χ0n) is 23.0. The highest BCUT2D eigenvalue weighted by atomic mass is 29.6. The molecule has 0 saturated heterocycles. The van der Waals surface area contributed by atoms with Crippen LogP contribution in [0.4, 0.5) is 0 Å². The third-order valence-corrected chi connectivity index (χ3v) is 49.7. The van der Waals surface area contributed by atoms with Crippen LogP contribution < -0.4 is 0 Å². The van der Waals surface area contributed by atoms with E-state index in [9.17, 15) is 0 Å². The van der Waals surface area contributed by atoms with Gasteiger partial charge in [0.25, 0.3) is 0 Å². The molecule has 5 rings (SSSR count). The van der Waals surface area contributed by atoms with Gasteiger partial charge in [0.05, 0.1) is 5.22 Å². The molecule has 0 spiro atoms. The molecule has 0 radical (unpaired) electrons. The fourth-order valence-corrected chi connectivity index (χ4v) is 66.4. The zero-order chi connectivity index (χ0) is 23.5. The summed E-state index contributed by atoms with van der Waals surface area (Å²) in [5.74, 6) is 2.99. The maximum Gasteiger partial charge on any atom is 0.184 e. The van der Waals surface area contributed by atoms with E-state index in [2.05, 4.69) is 85.8 Å². The van der Waals surface area contributed by atoms with Crippen molar-refractivity contribution in [3.8, 4) is 0 Å². The van der Waals surface area contributed by atoms with Gasteiger partial charge >= 0.3 is 0 Å². The molecule has 0 amide bonds. The molecule has 5 heteroatoms. The molecule has 4 saturated carbocycles. The Morgan fingerprint density at radius 2 is 1.16 bits per heavy atom. The number of hydrogen-bond donors (Lipinski definition) is 0. The van der Waals surface area contributed by atoms with Gasteiger partial charge in [0.2, 0.25) is 0 Å². The van der Waals surface area contributed by atoms with Gasteiger partial charge in [-0.2, -0.15) is 0 Å². The Hall–Kier alpha value is 0.568. The first kappa shape index (κ1) is 24.7. The average molecular weight is 493 g/mol. The molecule has 4 aliphatic carbocycles. The Morgan fingerprint density at radius 1 is 0.774 bits per heavy atom. The third-order valence-electron chi connectivity index (χ3n) is 9.66. The number of hydrogen-bond acceptors (Lipinski definition) is 1. The van der Waals surface area contributed by atoms with Crippen molar-refractivity contribution in [2.45, 2.75) is 123 Å². The van der Waals surface area contributed by atoms with Crippen LogP contribution in [-0.4, -0.2) is 35.8 Å². The van der Waals surface area contributed by atoms with Crippen LogP contribution >= 0.6 is 0 Å². The van der Waals surface area contributed by atoms with Gasteiger partial charge in [-0.15, -0.1) is 0 Å². The van der Waals surface area contributed by atoms with E-state index in [1.807, 2.05) is 5.20 Å². The third kappa shape index (κ3) is 3.33. The summed E-state index contributed by atoms with van der Waals surface area (Å²) in [5.41, 5.74) is 0.755. The molecule has 5 aliphatic rings. The summed E-state index contributed by atoms with van der Waals surface area (Å²) in [6.07, 6.45) is 11.9.